The number of carbonyl (C=O) groups excluding carboxylic acids is 1. The maximum atomic E-state index is 12.7. The molecule has 0 saturated heterocycles. The highest BCUT2D eigenvalue weighted by molar-refractivity contribution is 6.99. The summed E-state index contributed by atoms with van der Waals surface area (Å²) in [6.07, 6.45) is -1.58. The van der Waals surface area contributed by atoms with E-state index in [0.717, 1.165) is 15.9 Å². The van der Waals surface area contributed by atoms with Crippen LogP contribution in [0.15, 0.2) is 91.0 Å². The molecule has 3 rings (SSSR count). The zero-order valence-electron chi connectivity index (χ0n) is 22.2. The molecule has 0 aliphatic heterocycles. The van der Waals surface area contributed by atoms with Gasteiger partial charge in [-0.3, -0.25) is 0 Å². The van der Waals surface area contributed by atoms with Gasteiger partial charge in [-0.15, -0.1) is 0 Å². The van der Waals surface area contributed by atoms with Crippen molar-refractivity contribution in [3.63, 3.8) is 0 Å². The van der Waals surface area contributed by atoms with Gasteiger partial charge in [0.1, 0.15) is 11.7 Å². The molecule has 0 spiro atoms. The lowest BCUT2D eigenvalue weighted by Gasteiger charge is -2.43. The van der Waals surface area contributed by atoms with Crippen LogP contribution in [0, 0.1) is 0 Å². The van der Waals surface area contributed by atoms with Gasteiger partial charge in [0.15, 0.2) is 0 Å². The summed E-state index contributed by atoms with van der Waals surface area (Å²) >= 11 is 0. The minimum atomic E-state index is -2.84. The van der Waals surface area contributed by atoms with Gasteiger partial charge < -0.3 is 19.6 Å². The summed E-state index contributed by atoms with van der Waals surface area (Å²) < 4.78 is 12.4. The Hall–Kier alpha value is -2.93. The molecular weight excluding hydrogens is 466 g/mol. The lowest BCUT2D eigenvalue weighted by Crippen LogP contribution is -2.67. The number of aliphatic hydroxyl groups is 1. The second-order valence-electron chi connectivity index (χ2n) is 11.1. The molecule has 0 bridgehead atoms. The van der Waals surface area contributed by atoms with Crippen LogP contribution in [0.25, 0.3) is 0 Å². The van der Waals surface area contributed by atoms with Crippen LogP contribution in [0.5, 0.6) is 0 Å². The zero-order valence-corrected chi connectivity index (χ0v) is 23.2. The molecule has 3 aromatic rings. The Morgan fingerprint density at radius 2 is 1.25 bits per heavy atom. The van der Waals surface area contributed by atoms with Gasteiger partial charge in [-0.05, 0) is 41.7 Å². The second kappa shape index (κ2) is 11.4. The topological polar surface area (TPSA) is 67.8 Å². The van der Waals surface area contributed by atoms with Crippen LogP contribution >= 0.6 is 0 Å². The number of nitrogens with one attached hydrogen (secondary N) is 1. The third kappa shape index (κ3) is 6.63. The van der Waals surface area contributed by atoms with Crippen molar-refractivity contribution in [2.45, 2.75) is 64.3 Å². The number of hydrogen-bond donors (Lipinski definition) is 2. The molecule has 0 aromatic heterocycles. The maximum absolute atomic E-state index is 12.7. The van der Waals surface area contributed by atoms with Gasteiger partial charge in [0, 0.05) is 0 Å². The number of benzene rings is 3. The summed E-state index contributed by atoms with van der Waals surface area (Å²) in [7, 11) is -2.84. The van der Waals surface area contributed by atoms with Crippen LogP contribution in [0.2, 0.25) is 5.04 Å². The van der Waals surface area contributed by atoms with Crippen LogP contribution in [0.4, 0.5) is 4.79 Å². The predicted octanol–water partition coefficient (Wildman–Crippen LogP) is 5.19. The molecule has 5 nitrogen and oxygen atoms in total. The molecule has 192 valence electrons. The number of rotatable bonds is 8. The average Bonchev–Trinajstić information content (AvgIpc) is 2.83. The lowest BCUT2D eigenvalue weighted by atomic mass is 10.0. The molecule has 0 heterocycles. The van der Waals surface area contributed by atoms with Crippen molar-refractivity contribution >= 4 is 24.8 Å². The van der Waals surface area contributed by atoms with Crippen molar-refractivity contribution in [1.82, 2.24) is 5.32 Å². The van der Waals surface area contributed by atoms with E-state index in [-0.39, 0.29) is 11.6 Å². The van der Waals surface area contributed by atoms with Crippen LogP contribution < -0.4 is 15.7 Å². The van der Waals surface area contributed by atoms with E-state index < -0.39 is 32.2 Å². The van der Waals surface area contributed by atoms with Gasteiger partial charge >= 0.3 is 6.09 Å². The van der Waals surface area contributed by atoms with E-state index in [1.54, 1.807) is 0 Å². The first-order valence-electron chi connectivity index (χ1n) is 12.4. The van der Waals surface area contributed by atoms with E-state index in [0.29, 0.717) is 0 Å². The number of amides is 1. The molecule has 2 atom stereocenters. The second-order valence-corrected chi connectivity index (χ2v) is 15.4. The van der Waals surface area contributed by atoms with Crippen LogP contribution in [0.3, 0.4) is 0 Å². The molecule has 2 N–H and O–H groups in total. The Balaban J connectivity index is 1.97. The maximum Gasteiger partial charge on any atom is 0.408 e. The molecule has 3 aromatic carbocycles. The number of hydrogen-bond acceptors (Lipinski definition) is 4. The number of carbonyl (C=O) groups is 1. The summed E-state index contributed by atoms with van der Waals surface area (Å²) in [5, 5.41) is 16.4. The van der Waals surface area contributed by atoms with E-state index in [9.17, 15) is 9.90 Å². The highest BCUT2D eigenvalue weighted by Gasteiger charge is 2.50. The molecule has 0 unspecified atom stereocenters. The SMILES string of the molecule is CC(C)(C)OC(=O)N[C@@H](c1ccccc1)[C@H](O)CO[Si](c1ccccc1)(c1ccccc1)C(C)(C)C. The van der Waals surface area contributed by atoms with Crippen molar-refractivity contribution in [2.24, 2.45) is 0 Å². The van der Waals surface area contributed by atoms with Crippen molar-refractivity contribution in [3.05, 3.63) is 96.6 Å². The van der Waals surface area contributed by atoms with Gasteiger partial charge in [0.05, 0.1) is 12.6 Å². The molecule has 0 aliphatic carbocycles. The van der Waals surface area contributed by atoms with E-state index in [1.807, 2.05) is 87.5 Å². The lowest BCUT2D eigenvalue weighted by molar-refractivity contribution is 0.0335. The van der Waals surface area contributed by atoms with E-state index in [1.165, 1.54) is 0 Å². The fourth-order valence-corrected chi connectivity index (χ4v) is 9.14. The van der Waals surface area contributed by atoms with Gasteiger partial charge in [-0.2, -0.15) is 0 Å². The Morgan fingerprint density at radius 3 is 1.67 bits per heavy atom. The van der Waals surface area contributed by atoms with E-state index in [4.69, 9.17) is 9.16 Å². The Kier molecular flexibility index (Phi) is 8.77. The summed E-state index contributed by atoms with van der Waals surface area (Å²) in [6, 6.07) is 29.3. The van der Waals surface area contributed by atoms with Crippen molar-refractivity contribution < 1.29 is 19.1 Å². The van der Waals surface area contributed by atoms with Gasteiger partial charge in [-0.25, -0.2) is 4.79 Å². The third-order valence-corrected chi connectivity index (χ3v) is 11.1. The molecule has 0 radical (unpaired) electrons. The zero-order chi connectivity index (χ0) is 26.4. The van der Waals surface area contributed by atoms with Crippen LogP contribution in [0.1, 0.15) is 53.1 Å². The monoisotopic (exact) mass is 505 g/mol. The smallest absolute Gasteiger partial charge is 0.408 e. The van der Waals surface area contributed by atoms with Crippen LogP contribution in [-0.4, -0.2) is 37.8 Å². The van der Waals surface area contributed by atoms with Crippen LogP contribution in [-0.2, 0) is 9.16 Å². The molecule has 6 heteroatoms. The number of aliphatic hydroxyl groups excluding tert-OH is 1. The highest BCUT2D eigenvalue weighted by Crippen LogP contribution is 2.37. The van der Waals surface area contributed by atoms with Gasteiger partial charge in [0.2, 0.25) is 0 Å². The Labute approximate surface area is 216 Å². The largest absolute Gasteiger partial charge is 0.444 e. The Bertz CT molecular complexity index is 1050. The molecule has 0 saturated carbocycles. The summed E-state index contributed by atoms with van der Waals surface area (Å²) in [5.41, 5.74) is 0.128. The normalized spacial score (nSPS) is 14.1. The third-order valence-electron chi connectivity index (χ3n) is 6.10. The molecule has 36 heavy (non-hydrogen) atoms. The molecule has 1 amide bonds. The molecule has 0 fully saturated rings. The minimum Gasteiger partial charge on any atom is -0.444 e. The molecule has 0 aliphatic rings. The Morgan fingerprint density at radius 1 is 0.806 bits per heavy atom. The van der Waals surface area contributed by atoms with Crippen molar-refractivity contribution in [2.75, 3.05) is 6.61 Å². The van der Waals surface area contributed by atoms with Gasteiger partial charge in [-0.1, -0.05) is 112 Å². The number of alkyl carbamates (subject to hydrolysis) is 1. The summed E-state index contributed by atoms with van der Waals surface area (Å²) in [5.74, 6) is 0. The fourth-order valence-electron chi connectivity index (χ4n) is 4.56. The number of ether oxygens (including phenoxy) is 1. The standard InChI is InChI=1S/C30H39NO4Si/c1-29(2,3)35-28(33)31-27(23-16-10-7-11-17-23)26(32)22-34-36(30(4,5)6,24-18-12-8-13-19-24)25-20-14-9-15-21-25/h7-21,26-27,32H,22H2,1-6H3,(H,31,33)/t26-,27+/m1/s1. The van der Waals surface area contributed by atoms with Crippen molar-refractivity contribution in [3.8, 4) is 0 Å². The van der Waals surface area contributed by atoms with E-state index >= 15 is 0 Å². The fraction of sp³-hybridized carbons (Fsp3) is 0.367. The first-order chi connectivity index (χ1) is 16.9. The quantitative estimate of drug-likeness (QED) is 0.414. The van der Waals surface area contributed by atoms with E-state index in [2.05, 4.69) is 50.4 Å². The average molecular weight is 506 g/mol. The highest BCUT2D eigenvalue weighted by atomic mass is 28.4. The molecular formula is C30H39NO4Si. The first kappa shape index (κ1) is 27.7. The minimum absolute atomic E-state index is 0.0443. The predicted molar refractivity (Wildman–Crippen MR) is 148 cm³/mol. The van der Waals surface area contributed by atoms with Gasteiger partial charge in [0.25, 0.3) is 8.32 Å². The van der Waals surface area contributed by atoms with Crippen molar-refractivity contribution in [1.29, 1.82) is 0 Å². The first-order valence-corrected chi connectivity index (χ1v) is 14.3. The summed E-state index contributed by atoms with van der Waals surface area (Å²) in [4.78, 5) is 12.7. The summed E-state index contributed by atoms with van der Waals surface area (Å²) in [6.45, 7) is 12.1.